The van der Waals surface area contributed by atoms with Crippen LogP contribution in [-0.4, -0.2) is 21.8 Å². The van der Waals surface area contributed by atoms with Crippen LogP contribution in [0.5, 0.6) is 0 Å². The van der Waals surface area contributed by atoms with E-state index >= 15 is 0 Å². The smallest absolute Gasteiger partial charge is 0.147 e. The molecule has 1 N–H and O–H groups in total. The molecule has 1 heterocycles. The molecule has 0 aliphatic heterocycles. The normalized spacial score (nSPS) is 14.5. The fourth-order valence-electron chi connectivity index (χ4n) is 2.82. The summed E-state index contributed by atoms with van der Waals surface area (Å²) in [5, 5.41) is 8.04. The summed E-state index contributed by atoms with van der Waals surface area (Å²) in [7, 11) is 2.01. The molecule has 20 heavy (non-hydrogen) atoms. The largest absolute Gasteiger partial charge is 0.311 e. The Morgan fingerprint density at radius 2 is 1.75 bits per heavy atom. The Labute approximate surface area is 121 Å². The molecule has 0 fully saturated rings. The highest BCUT2D eigenvalue weighted by Gasteiger charge is 2.28. The van der Waals surface area contributed by atoms with E-state index in [4.69, 9.17) is 0 Å². The number of aromatic nitrogens is 3. The molecule has 2 unspecified atom stereocenters. The van der Waals surface area contributed by atoms with Crippen molar-refractivity contribution in [3.05, 3.63) is 47.5 Å². The first-order valence-electron chi connectivity index (χ1n) is 7.16. The van der Waals surface area contributed by atoms with E-state index in [0.717, 1.165) is 11.6 Å². The monoisotopic (exact) mass is 272 g/mol. The van der Waals surface area contributed by atoms with Crippen LogP contribution in [-0.2, 0) is 0 Å². The highest BCUT2D eigenvalue weighted by Crippen LogP contribution is 2.32. The Balaban J connectivity index is 2.44. The summed E-state index contributed by atoms with van der Waals surface area (Å²) in [5.74, 6) is 2.25. The first-order chi connectivity index (χ1) is 9.54. The van der Waals surface area contributed by atoms with E-state index in [-0.39, 0.29) is 12.1 Å². The summed E-state index contributed by atoms with van der Waals surface area (Å²) in [6, 6.07) is 11.0. The second-order valence-corrected chi connectivity index (χ2v) is 5.56. The van der Waals surface area contributed by atoms with E-state index in [0.29, 0.717) is 5.92 Å². The molecule has 108 valence electrons. The topological polar surface area (TPSA) is 42.7 Å². The number of aryl methyl sites for hydroxylation is 2. The van der Waals surface area contributed by atoms with Crippen molar-refractivity contribution in [3.63, 3.8) is 0 Å². The lowest BCUT2D eigenvalue weighted by atomic mass is 9.91. The van der Waals surface area contributed by atoms with Crippen molar-refractivity contribution < 1.29 is 0 Å². The molecular formula is C16H24N4. The molecule has 2 aromatic rings. The zero-order valence-corrected chi connectivity index (χ0v) is 13.0. The van der Waals surface area contributed by atoms with Crippen molar-refractivity contribution in [2.24, 2.45) is 5.92 Å². The molecule has 1 aromatic heterocycles. The van der Waals surface area contributed by atoms with Crippen LogP contribution in [0.1, 0.15) is 43.1 Å². The summed E-state index contributed by atoms with van der Waals surface area (Å²) in [6.45, 7) is 8.42. The fourth-order valence-corrected chi connectivity index (χ4v) is 2.82. The van der Waals surface area contributed by atoms with Gasteiger partial charge in [0.05, 0.1) is 12.1 Å². The minimum atomic E-state index is 0.219. The van der Waals surface area contributed by atoms with Crippen molar-refractivity contribution in [2.75, 3.05) is 7.05 Å². The van der Waals surface area contributed by atoms with E-state index in [9.17, 15) is 0 Å². The molecule has 0 bridgehead atoms. The van der Waals surface area contributed by atoms with Crippen LogP contribution < -0.4 is 5.32 Å². The Hall–Kier alpha value is -1.68. The van der Waals surface area contributed by atoms with Crippen molar-refractivity contribution >= 4 is 0 Å². The summed E-state index contributed by atoms with van der Waals surface area (Å²) in [4.78, 5) is 4.45. The number of rotatable bonds is 5. The maximum Gasteiger partial charge on any atom is 0.147 e. The van der Waals surface area contributed by atoms with Gasteiger partial charge in [0.1, 0.15) is 11.6 Å². The Bertz CT molecular complexity index is 545. The molecule has 0 radical (unpaired) electrons. The molecule has 0 amide bonds. The first kappa shape index (κ1) is 14.7. The molecule has 2 atom stereocenters. The number of nitrogens with zero attached hydrogens (tertiary/aromatic N) is 3. The van der Waals surface area contributed by atoms with E-state index in [1.807, 2.05) is 27.0 Å². The van der Waals surface area contributed by atoms with Crippen LogP contribution in [0.15, 0.2) is 30.3 Å². The minimum Gasteiger partial charge on any atom is -0.311 e. The molecule has 4 heteroatoms. The summed E-state index contributed by atoms with van der Waals surface area (Å²) in [5.41, 5.74) is 1.28. The number of benzene rings is 1. The molecule has 0 saturated heterocycles. The molecule has 2 rings (SSSR count). The predicted molar refractivity (Wildman–Crippen MR) is 81.6 cm³/mol. The van der Waals surface area contributed by atoms with Crippen LogP contribution in [0.4, 0.5) is 0 Å². The van der Waals surface area contributed by atoms with Gasteiger partial charge in [-0.2, -0.15) is 5.10 Å². The summed E-state index contributed by atoms with van der Waals surface area (Å²) < 4.78 is 2.06. The minimum absolute atomic E-state index is 0.219. The zero-order chi connectivity index (χ0) is 14.7. The van der Waals surface area contributed by atoms with E-state index in [1.54, 1.807) is 0 Å². The SMILES string of the molecule is CNC(c1ccccc1)C(C(C)C)n1nc(C)nc1C. The van der Waals surface area contributed by atoms with E-state index in [2.05, 4.69) is 58.2 Å². The Morgan fingerprint density at radius 3 is 2.20 bits per heavy atom. The van der Waals surface area contributed by atoms with Crippen molar-refractivity contribution in [2.45, 2.75) is 39.8 Å². The number of likely N-dealkylation sites (N-methyl/N-ethyl adjacent to an activating group) is 1. The third kappa shape index (κ3) is 2.90. The lowest BCUT2D eigenvalue weighted by Gasteiger charge is -2.31. The van der Waals surface area contributed by atoms with Crippen LogP contribution in [0.2, 0.25) is 0 Å². The molecule has 0 aliphatic carbocycles. The van der Waals surface area contributed by atoms with E-state index in [1.165, 1.54) is 5.56 Å². The standard InChI is InChI=1S/C16H24N4/c1-11(2)16(20-13(4)18-12(3)19-20)15(17-5)14-9-7-6-8-10-14/h6-11,15-17H,1-5H3. The maximum absolute atomic E-state index is 4.59. The van der Waals surface area contributed by atoms with Gasteiger partial charge in [0.25, 0.3) is 0 Å². The van der Waals surface area contributed by atoms with Gasteiger partial charge in [-0.15, -0.1) is 0 Å². The second-order valence-electron chi connectivity index (χ2n) is 5.56. The van der Waals surface area contributed by atoms with Crippen molar-refractivity contribution in [1.29, 1.82) is 0 Å². The van der Waals surface area contributed by atoms with Gasteiger partial charge in [-0.1, -0.05) is 44.2 Å². The molecule has 0 aliphatic rings. The third-order valence-electron chi connectivity index (χ3n) is 3.68. The van der Waals surface area contributed by atoms with Crippen LogP contribution in [0.25, 0.3) is 0 Å². The van der Waals surface area contributed by atoms with Crippen LogP contribution >= 0.6 is 0 Å². The Morgan fingerprint density at radius 1 is 1.10 bits per heavy atom. The van der Waals surface area contributed by atoms with Gasteiger partial charge in [-0.25, -0.2) is 9.67 Å². The van der Waals surface area contributed by atoms with Gasteiger partial charge < -0.3 is 5.32 Å². The highest BCUT2D eigenvalue weighted by molar-refractivity contribution is 5.20. The highest BCUT2D eigenvalue weighted by atomic mass is 15.4. The fraction of sp³-hybridized carbons (Fsp3) is 0.500. The van der Waals surface area contributed by atoms with Crippen molar-refractivity contribution in [1.82, 2.24) is 20.1 Å². The molecule has 4 nitrogen and oxygen atoms in total. The number of hydrogen-bond acceptors (Lipinski definition) is 3. The number of nitrogens with one attached hydrogen (secondary N) is 1. The van der Waals surface area contributed by atoms with Gasteiger partial charge in [0.15, 0.2) is 0 Å². The lowest BCUT2D eigenvalue weighted by Crippen LogP contribution is -2.32. The summed E-state index contributed by atoms with van der Waals surface area (Å²) >= 11 is 0. The lowest BCUT2D eigenvalue weighted by molar-refractivity contribution is 0.262. The van der Waals surface area contributed by atoms with Crippen molar-refractivity contribution in [3.8, 4) is 0 Å². The number of hydrogen-bond donors (Lipinski definition) is 1. The Kier molecular flexibility index (Phi) is 4.55. The maximum atomic E-state index is 4.59. The van der Waals surface area contributed by atoms with Gasteiger partial charge in [0, 0.05) is 0 Å². The molecular weight excluding hydrogens is 248 g/mol. The van der Waals surface area contributed by atoms with Gasteiger partial charge in [-0.3, -0.25) is 0 Å². The van der Waals surface area contributed by atoms with Gasteiger partial charge in [-0.05, 0) is 32.4 Å². The molecule has 0 saturated carbocycles. The second kappa shape index (κ2) is 6.18. The third-order valence-corrected chi connectivity index (χ3v) is 3.68. The quantitative estimate of drug-likeness (QED) is 0.909. The average Bonchev–Trinajstić information content (AvgIpc) is 2.75. The van der Waals surface area contributed by atoms with Gasteiger partial charge >= 0.3 is 0 Å². The van der Waals surface area contributed by atoms with Crippen LogP contribution in [0.3, 0.4) is 0 Å². The van der Waals surface area contributed by atoms with Gasteiger partial charge in [0.2, 0.25) is 0 Å². The zero-order valence-electron chi connectivity index (χ0n) is 13.0. The summed E-state index contributed by atoms with van der Waals surface area (Å²) in [6.07, 6.45) is 0. The molecule has 0 spiro atoms. The first-order valence-corrected chi connectivity index (χ1v) is 7.16. The van der Waals surface area contributed by atoms with E-state index < -0.39 is 0 Å². The van der Waals surface area contributed by atoms with Crippen LogP contribution in [0, 0.1) is 19.8 Å². The molecule has 1 aromatic carbocycles. The average molecular weight is 272 g/mol. The predicted octanol–water partition coefficient (Wildman–Crippen LogP) is 3.05.